The third-order valence-corrected chi connectivity index (χ3v) is 4.17. The van der Waals surface area contributed by atoms with Crippen molar-refractivity contribution in [3.8, 4) is 0 Å². The second-order valence-corrected chi connectivity index (χ2v) is 6.01. The Morgan fingerprint density at radius 2 is 1.86 bits per heavy atom. The van der Waals surface area contributed by atoms with Gasteiger partial charge in [-0.25, -0.2) is 0 Å². The summed E-state index contributed by atoms with van der Waals surface area (Å²) in [6.45, 7) is 7.61. The maximum Gasteiger partial charge on any atom is 0.222 e. The summed E-state index contributed by atoms with van der Waals surface area (Å²) in [4.78, 5) is 16.7. The van der Waals surface area contributed by atoms with Crippen LogP contribution < -0.4 is 5.73 Å². The maximum absolute atomic E-state index is 12.2. The van der Waals surface area contributed by atoms with Gasteiger partial charge in [0.15, 0.2) is 0 Å². The number of carbonyl (C=O) groups is 1. The lowest BCUT2D eigenvalue weighted by molar-refractivity contribution is -0.132. The molecule has 2 rings (SSSR count). The van der Waals surface area contributed by atoms with Crippen LogP contribution in [0.15, 0.2) is 30.3 Å². The zero-order valence-electron chi connectivity index (χ0n) is 13.0. The van der Waals surface area contributed by atoms with Crippen LogP contribution in [0.1, 0.15) is 18.9 Å². The molecule has 1 aromatic rings. The maximum atomic E-state index is 12.2. The highest BCUT2D eigenvalue weighted by molar-refractivity contribution is 5.76. The first-order chi connectivity index (χ1) is 10.2. The van der Waals surface area contributed by atoms with Crippen molar-refractivity contribution in [2.75, 3.05) is 39.3 Å². The standard InChI is InChI=1S/C17H27N3O/c1-15(13-18)14-19-9-11-20(12-10-19)17(21)8-7-16-5-3-2-4-6-16/h2-6,15H,7-14,18H2,1H3. The van der Waals surface area contributed by atoms with Crippen LogP contribution in [0.3, 0.4) is 0 Å². The molecule has 1 aromatic carbocycles. The molecule has 0 aromatic heterocycles. The third-order valence-electron chi connectivity index (χ3n) is 4.17. The van der Waals surface area contributed by atoms with Crippen molar-refractivity contribution in [2.24, 2.45) is 11.7 Å². The number of rotatable bonds is 6. The second-order valence-electron chi connectivity index (χ2n) is 6.01. The molecule has 0 radical (unpaired) electrons. The van der Waals surface area contributed by atoms with Crippen molar-refractivity contribution in [3.63, 3.8) is 0 Å². The molecule has 1 amide bonds. The molecule has 116 valence electrons. The lowest BCUT2D eigenvalue weighted by Gasteiger charge is -2.35. The number of aryl methyl sites for hydroxylation is 1. The van der Waals surface area contributed by atoms with Gasteiger partial charge in [-0.15, -0.1) is 0 Å². The molecule has 21 heavy (non-hydrogen) atoms. The Labute approximate surface area is 127 Å². The summed E-state index contributed by atoms with van der Waals surface area (Å²) in [5.74, 6) is 0.815. The topological polar surface area (TPSA) is 49.6 Å². The Kier molecular flexibility index (Phi) is 6.21. The molecule has 1 aliphatic heterocycles. The quantitative estimate of drug-likeness (QED) is 0.860. The van der Waals surface area contributed by atoms with E-state index in [1.165, 1.54) is 5.56 Å². The molecule has 1 fully saturated rings. The van der Waals surface area contributed by atoms with Gasteiger partial charge in [0.25, 0.3) is 0 Å². The molecule has 1 heterocycles. The highest BCUT2D eigenvalue weighted by Crippen LogP contribution is 2.09. The summed E-state index contributed by atoms with van der Waals surface area (Å²) in [5.41, 5.74) is 6.91. The molecule has 1 aliphatic rings. The van der Waals surface area contributed by atoms with E-state index < -0.39 is 0 Å². The minimum atomic E-state index is 0.283. The second kappa shape index (κ2) is 8.15. The van der Waals surface area contributed by atoms with Crippen molar-refractivity contribution in [2.45, 2.75) is 19.8 Å². The molecular formula is C17H27N3O. The number of benzene rings is 1. The van der Waals surface area contributed by atoms with Gasteiger partial charge in [0.2, 0.25) is 5.91 Å². The summed E-state index contributed by atoms with van der Waals surface area (Å²) in [6.07, 6.45) is 1.45. The van der Waals surface area contributed by atoms with E-state index in [0.717, 1.165) is 45.7 Å². The SMILES string of the molecule is CC(CN)CN1CCN(C(=O)CCc2ccccc2)CC1. The van der Waals surface area contributed by atoms with E-state index in [1.54, 1.807) is 0 Å². The van der Waals surface area contributed by atoms with E-state index in [0.29, 0.717) is 12.3 Å². The Balaban J connectivity index is 1.70. The van der Waals surface area contributed by atoms with Gasteiger partial charge in [0.1, 0.15) is 0 Å². The number of hydrogen-bond acceptors (Lipinski definition) is 3. The largest absolute Gasteiger partial charge is 0.340 e. The number of amides is 1. The zero-order chi connectivity index (χ0) is 15.1. The van der Waals surface area contributed by atoms with Gasteiger partial charge in [-0.1, -0.05) is 37.3 Å². The zero-order valence-corrected chi connectivity index (χ0v) is 13.0. The van der Waals surface area contributed by atoms with Crippen LogP contribution in [0.5, 0.6) is 0 Å². The van der Waals surface area contributed by atoms with Crippen LogP contribution in [0.2, 0.25) is 0 Å². The monoisotopic (exact) mass is 289 g/mol. The van der Waals surface area contributed by atoms with Crippen molar-refractivity contribution in [3.05, 3.63) is 35.9 Å². The van der Waals surface area contributed by atoms with E-state index in [4.69, 9.17) is 5.73 Å². The Bertz CT molecular complexity index is 427. The molecule has 0 bridgehead atoms. The number of hydrogen-bond donors (Lipinski definition) is 1. The fraction of sp³-hybridized carbons (Fsp3) is 0.588. The molecule has 1 unspecified atom stereocenters. The molecule has 2 N–H and O–H groups in total. The van der Waals surface area contributed by atoms with Crippen molar-refractivity contribution < 1.29 is 4.79 Å². The van der Waals surface area contributed by atoms with Crippen LogP contribution in [0.25, 0.3) is 0 Å². The molecule has 0 spiro atoms. The van der Waals surface area contributed by atoms with Crippen LogP contribution in [0, 0.1) is 5.92 Å². The fourth-order valence-electron chi connectivity index (χ4n) is 2.75. The van der Waals surface area contributed by atoms with Crippen molar-refractivity contribution in [1.29, 1.82) is 0 Å². The smallest absolute Gasteiger partial charge is 0.222 e. The summed E-state index contributed by atoms with van der Waals surface area (Å²) in [6, 6.07) is 10.2. The van der Waals surface area contributed by atoms with Crippen LogP contribution >= 0.6 is 0 Å². The molecule has 0 aliphatic carbocycles. The number of carbonyl (C=O) groups excluding carboxylic acids is 1. The Morgan fingerprint density at radius 1 is 1.19 bits per heavy atom. The first kappa shape index (κ1) is 16.0. The average molecular weight is 289 g/mol. The lowest BCUT2D eigenvalue weighted by Crippen LogP contribution is -2.50. The predicted octanol–water partition coefficient (Wildman–Crippen LogP) is 1.36. The summed E-state index contributed by atoms with van der Waals surface area (Å²) < 4.78 is 0. The van der Waals surface area contributed by atoms with Crippen LogP contribution in [-0.4, -0.2) is 55.0 Å². The molecule has 1 saturated heterocycles. The van der Waals surface area contributed by atoms with Gasteiger partial charge in [0, 0.05) is 39.1 Å². The van der Waals surface area contributed by atoms with Gasteiger partial charge >= 0.3 is 0 Å². The molecule has 4 nitrogen and oxygen atoms in total. The highest BCUT2D eigenvalue weighted by Gasteiger charge is 2.21. The van der Waals surface area contributed by atoms with Gasteiger partial charge in [-0.2, -0.15) is 0 Å². The lowest BCUT2D eigenvalue weighted by atomic mass is 10.1. The summed E-state index contributed by atoms with van der Waals surface area (Å²) in [7, 11) is 0. The summed E-state index contributed by atoms with van der Waals surface area (Å²) in [5, 5.41) is 0. The Morgan fingerprint density at radius 3 is 2.48 bits per heavy atom. The number of nitrogens with two attached hydrogens (primary N) is 1. The highest BCUT2D eigenvalue weighted by atomic mass is 16.2. The molecule has 0 saturated carbocycles. The van der Waals surface area contributed by atoms with E-state index in [2.05, 4.69) is 24.0 Å². The minimum absolute atomic E-state index is 0.283. The van der Waals surface area contributed by atoms with E-state index in [-0.39, 0.29) is 5.91 Å². The van der Waals surface area contributed by atoms with Gasteiger partial charge < -0.3 is 10.6 Å². The summed E-state index contributed by atoms with van der Waals surface area (Å²) >= 11 is 0. The first-order valence-corrected chi connectivity index (χ1v) is 7.93. The van der Waals surface area contributed by atoms with E-state index in [1.807, 2.05) is 23.1 Å². The average Bonchev–Trinajstić information content (AvgIpc) is 2.54. The van der Waals surface area contributed by atoms with Gasteiger partial charge in [-0.05, 0) is 24.4 Å². The molecular weight excluding hydrogens is 262 g/mol. The Hall–Kier alpha value is -1.39. The fourth-order valence-corrected chi connectivity index (χ4v) is 2.75. The number of piperazine rings is 1. The third kappa shape index (κ3) is 5.14. The van der Waals surface area contributed by atoms with Gasteiger partial charge in [-0.3, -0.25) is 9.69 Å². The van der Waals surface area contributed by atoms with Gasteiger partial charge in [0.05, 0.1) is 0 Å². The molecule has 4 heteroatoms. The van der Waals surface area contributed by atoms with Crippen molar-refractivity contribution >= 4 is 5.91 Å². The molecule has 1 atom stereocenters. The first-order valence-electron chi connectivity index (χ1n) is 7.93. The normalized spacial score (nSPS) is 17.7. The number of nitrogens with zero attached hydrogens (tertiary/aromatic N) is 2. The van der Waals surface area contributed by atoms with Crippen LogP contribution in [-0.2, 0) is 11.2 Å². The van der Waals surface area contributed by atoms with Crippen molar-refractivity contribution in [1.82, 2.24) is 9.80 Å². The predicted molar refractivity (Wildman–Crippen MR) is 86.0 cm³/mol. The van der Waals surface area contributed by atoms with Crippen LogP contribution in [0.4, 0.5) is 0 Å². The van der Waals surface area contributed by atoms with E-state index >= 15 is 0 Å². The van der Waals surface area contributed by atoms with E-state index in [9.17, 15) is 4.79 Å². The minimum Gasteiger partial charge on any atom is -0.340 e.